The number of likely N-dealkylation sites (tertiary alicyclic amines) is 1. The van der Waals surface area contributed by atoms with Gasteiger partial charge in [0.1, 0.15) is 5.75 Å². The van der Waals surface area contributed by atoms with Gasteiger partial charge in [-0.05, 0) is 74.3 Å². The number of esters is 1. The zero-order valence-electron chi connectivity index (χ0n) is 20.6. The van der Waals surface area contributed by atoms with Gasteiger partial charge in [-0.15, -0.1) is 0 Å². The lowest BCUT2D eigenvalue weighted by atomic mass is 9.81. The maximum atomic E-state index is 13.2. The smallest absolute Gasteiger partial charge is 0.316 e. The summed E-state index contributed by atoms with van der Waals surface area (Å²) >= 11 is 0. The highest BCUT2D eigenvalue weighted by atomic mass is 16.5. The molecular weight excluding hydrogens is 456 g/mol. The van der Waals surface area contributed by atoms with Gasteiger partial charge in [0, 0.05) is 13.0 Å². The molecule has 0 unspecified atom stereocenters. The van der Waals surface area contributed by atoms with E-state index in [4.69, 9.17) is 4.74 Å². The summed E-state index contributed by atoms with van der Waals surface area (Å²) in [4.78, 5) is 55.0. The third-order valence-corrected chi connectivity index (χ3v) is 8.80. The lowest BCUT2D eigenvalue weighted by Gasteiger charge is -2.25. The van der Waals surface area contributed by atoms with E-state index in [0.29, 0.717) is 35.4 Å². The minimum atomic E-state index is -0.541. The topological polar surface area (TPSA) is 84.0 Å². The number of hydrogen-bond acceptors (Lipinski definition) is 5. The Bertz CT molecular complexity index is 1230. The molecule has 0 radical (unpaired) electrons. The van der Waals surface area contributed by atoms with Gasteiger partial charge in [0.05, 0.1) is 29.5 Å². The van der Waals surface area contributed by atoms with Gasteiger partial charge in [-0.2, -0.15) is 0 Å². The molecule has 4 fully saturated rings. The Kier molecular flexibility index (Phi) is 5.47. The summed E-state index contributed by atoms with van der Waals surface area (Å²) in [6, 6.07) is 14.6. The van der Waals surface area contributed by atoms with Gasteiger partial charge < -0.3 is 9.64 Å². The first-order valence-electron chi connectivity index (χ1n) is 12.9. The monoisotopic (exact) mass is 486 g/mol. The van der Waals surface area contributed by atoms with Gasteiger partial charge in [0.25, 0.3) is 0 Å². The Morgan fingerprint density at radius 1 is 0.972 bits per heavy atom. The number of nitrogens with zero attached hydrogens (tertiary/aromatic N) is 2. The van der Waals surface area contributed by atoms with Crippen molar-refractivity contribution in [1.82, 2.24) is 4.90 Å². The largest absolute Gasteiger partial charge is 0.426 e. The van der Waals surface area contributed by atoms with Crippen LogP contribution in [0.2, 0.25) is 0 Å². The SMILES string of the molecule is Cc1cc(OC(=O)[C@@H]2CC(=O)N([C@H](C)c3ccccc3)C2)ccc1N1C(=O)[C@H]2[C@H]3CC[C@@H](C3)[C@@H]2C1=O. The second-order valence-corrected chi connectivity index (χ2v) is 10.8. The quantitative estimate of drug-likeness (QED) is 0.362. The Labute approximate surface area is 210 Å². The van der Waals surface area contributed by atoms with E-state index in [1.54, 1.807) is 23.1 Å². The number of benzene rings is 2. The number of carbonyl (C=O) groups excluding carboxylic acids is 4. The first-order valence-corrected chi connectivity index (χ1v) is 12.9. The zero-order valence-corrected chi connectivity index (χ0v) is 20.6. The van der Waals surface area contributed by atoms with E-state index in [0.717, 1.165) is 24.8 Å². The molecule has 0 aromatic heterocycles. The van der Waals surface area contributed by atoms with Crippen molar-refractivity contribution >= 4 is 29.4 Å². The van der Waals surface area contributed by atoms with E-state index in [-0.39, 0.29) is 42.0 Å². The van der Waals surface area contributed by atoms with Crippen molar-refractivity contribution in [3.05, 3.63) is 59.7 Å². The fraction of sp³-hybridized carbons (Fsp3) is 0.448. The van der Waals surface area contributed by atoms with E-state index < -0.39 is 11.9 Å². The van der Waals surface area contributed by atoms with Crippen molar-refractivity contribution in [2.24, 2.45) is 29.6 Å². The fourth-order valence-electron chi connectivity index (χ4n) is 6.96. The van der Waals surface area contributed by atoms with Gasteiger partial charge in [0.15, 0.2) is 0 Å². The van der Waals surface area contributed by atoms with Crippen LogP contribution in [0, 0.1) is 36.5 Å². The number of hydrogen-bond donors (Lipinski definition) is 0. The number of aryl methyl sites for hydroxylation is 1. The highest BCUT2D eigenvalue weighted by molar-refractivity contribution is 6.23. The minimum Gasteiger partial charge on any atom is -0.426 e. The van der Waals surface area contributed by atoms with E-state index >= 15 is 0 Å². The molecule has 2 aromatic carbocycles. The molecule has 7 nitrogen and oxygen atoms in total. The molecule has 2 saturated carbocycles. The molecule has 2 saturated heterocycles. The summed E-state index contributed by atoms with van der Waals surface area (Å²) in [6.07, 6.45) is 3.20. The number of amides is 3. The van der Waals surface area contributed by atoms with Crippen LogP contribution in [0.4, 0.5) is 5.69 Å². The van der Waals surface area contributed by atoms with Crippen LogP contribution < -0.4 is 9.64 Å². The molecular formula is C29H30N2O5. The molecule has 6 rings (SSSR count). The van der Waals surface area contributed by atoms with E-state index in [2.05, 4.69) is 0 Å². The van der Waals surface area contributed by atoms with E-state index in [1.165, 1.54) is 4.90 Å². The molecule has 186 valence electrons. The summed E-state index contributed by atoms with van der Waals surface area (Å²) in [5, 5.41) is 0. The number of rotatable bonds is 5. The fourth-order valence-corrected chi connectivity index (χ4v) is 6.96. The van der Waals surface area contributed by atoms with Gasteiger partial charge in [-0.25, -0.2) is 4.90 Å². The molecule has 2 aliphatic carbocycles. The van der Waals surface area contributed by atoms with Gasteiger partial charge in [-0.1, -0.05) is 30.3 Å². The first kappa shape index (κ1) is 23.0. The van der Waals surface area contributed by atoms with E-state index in [1.807, 2.05) is 44.2 Å². The van der Waals surface area contributed by atoms with Crippen LogP contribution in [0.15, 0.2) is 48.5 Å². The molecule has 4 aliphatic rings. The molecule has 3 amide bonds. The van der Waals surface area contributed by atoms with Crippen LogP contribution in [0.25, 0.3) is 0 Å². The van der Waals surface area contributed by atoms with Crippen LogP contribution in [0.3, 0.4) is 0 Å². The molecule has 36 heavy (non-hydrogen) atoms. The van der Waals surface area contributed by atoms with Crippen LogP contribution in [0.5, 0.6) is 5.75 Å². The summed E-state index contributed by atoms with van der Waals surface area (Å²) in [5.41, 5.74) is 2.29. The van der Waals surface area contributed by atoms with Crippen LogP contribution >= 0.6 is 0 Å². The molecule has 2 aliphatic heterocycles. The number of ether oxygens (including phenoxy) is 1. The summed E-state index contributed by atoms with van der Waals surface area (Å²) in [5.74, 6) is -0.542. The standard InChI is InChI=1S/C29H30N2O5/c1-16-12-22(10-11-23(16)31-27(33)25-19-8-9-20(13-19)26(25)28(31)34)36-29(35)21-14-24(32)30(15-21)17(2)18-6-4-3-5-7-18/h3-7,10-12,17,19-21,25-26H,8-9,13-15H2,1-2H3/t17-,19+,20+,21-,25+,26+/m1/s1. The van der Waals surface area contributed by atoms with Crippen LogP contribution in [-0.4, -0.2) is 35.1 Å². The highest BCUT2D eigenvalue weighted by Crippen LogP contribution is 2.56. The second-order valence-electron chi connectivity index (χ2n) is 10.8. The predicted octanol–water partition coefficient (Wildman–Crippen LogP) is 4.05. The molecule has 0 spiro atoms. The normalized spacial score (nSPS) is 29.7. The highest BCUT2D eigenvalue weighted by Gasteiger charge is 2.61. The number of fused-ring (bicyclic) bond motifs is 5. The number of imide groups is 1. The molecule has 2 bridgehead atoms. The van der Waals surface area contributed by atoms with Crippen molar-refractivity contribution in [3.8, 4) is 5.75 Å². The van der Waals surface area contributed by atoms with Crippen molar-refractivity contribution in [3.63, 3.8) is 0 Å². The second kappa shape index (κ2) is 8.57. The molecule has 0 N–H and O–H groups in total. The zero-order chi connectivity index (χ0) is 25.1. The van der Waals surface area contributed by atoms with Gasteiger partial charge in [0.2, 0.25) is 17.7 Å². The van der Waals surface area contributed by atoms with Crippen LogP contribution in [-0.2, 0) is 19.2 Å². The summed E-state index contributed by atoms with van der Waals surface area (Å²) in [6.45, 7) is 4.09. The first-order chi connectivity index (χ1) is 17.3. The van der Waals surface area contributed by atoms with Gasteiger partial charge in [-0.3, -0.25) is 19.2 Å². The number of carbonyl (C=O) groups is 4. The Morgan fingerprint density at radius 2 is 1.64 bits per heavy atom. The third kappa shape index (κ3) is 3.55. The third-order valence-electron chi connectivity index (χ3n) is 8.80. The molecule has 2 heterocycles. The Hall–Kier alpha value is -3.48. The Balaban J connectivity index is 1.14. The maximum absolute atomic E-state index is 13.2. The van der Waals surface area contributed by atoms with Crippen molar-refractivity contribution < 1.29 is 23.9 Å². The van der Waals surface area contributed by atoms with Crippen molar-refractivity contribution in [2.45, 2.75) is 45.6 Å². The van der Waals surface area contributed by atoms with E-state index in [9.17, 15) is 19.2 Å². The average Bonchev–Trinajstić information content (AvgIpc) is 3.64. The maximum Gasteiger partial charge on any atom is 0.316 e. The molecule has 2 aromatic rings. The predicted molar refractivity (Wildman–Crippen MR) is 132 cm³/mol. The molecule has 6 atom stereocenters. The average molecular weight is 487 g/mol. The van der Waals surface area contributed by atoms with Crippen molar-refractivity contribution in [1.29, 1.82) is 0 Å². The van der Waals surface area contributed by atoms with Crippen molar-refractivity contribution in [2.75, 3.05) is 11.4 Å². The lowest BCUT2D eigenvalue weighted by molar-refractivity contribution is -0.139. The summed E-state index contributed by atoms with van der Waals surface area (Å²) in [7, 11) is 0. The van der Waals surface area contributed by atoms with Gasteiger partial charge >= 0.3 is 5.97 Å². The van der Waals surface area contributed by atoms with Crippen LogP contribution in [0.1, 0.15) is 49.8 Å². The Morgan fingerprint density at radius 3 is 2.28 bits per heavy atom. The minimum absolute atomic E-state index is 0.0644. The molecule has 7 heteroatoms. The lowest BCUT2D eigenvalue weighted by Crippen LogP contribution is -2.33. The number of anilines is 1. The summed E-state index contributed by atoms with van der Waals surface area (Å²) < 4.78 is 5.65.